The van der Waals surface area contributed by atoms with Crippen LogP contribution in [0.25, 0.3) is 0 Å². The van der Waals surface area contributed by atoms with Gasteiger partial charge >= 0.3 is 0 Å². The van der Waals surface area contributed by atoms with Gasteiger partial charge in [0, 0.05) is 24.9 Å². The van der Waals surface area contributed by atoms with Crippen molar-refractivity contribution in [1.82, 2.24) is 10.1 Å². The van der Waals surface area contributed by atoms with E-state index in [0.717, 1.165) is 12.1 Å². The van der Waals surface area contributed by atoms with Crippen LogP contribution in [0.2, 0.25) is 0 Å². The third-order valence-electron chi connectivity index (χ3n) is 1.63. The van der Waals surface area contributed by atoms with Gasteiger partial charge in [0.25, 0.3) is 0 Å². The molecule has 0 unspecified atom stereocenters. The maximum Gasteiger partial charge on any atom is 0.124 e. The van der Waals surface area contributed by atoms with E-state index in [-0.39, 0.29) is 0 Å². The van der Waals surface area contributed by atoms with E-state index < -0.39 is 0 Å². The number of aromatic nitrogens is 2. The monoisotopic (exact) mass is 160 g/mol. The summed E-state index contributed by atoms with van der Waals surface area (Å²) in [5.41, 5.74) is 2.14. The summed E-state index contributed by atoms with van der Waals surface area (Å²) in [4.78, 5) is 3.93. The van der Waals surface area contributed by atoms with E-state index >= 15 is 0 Å². The summed E-state index contributed by atoms with van der Waals surface area (Å²) in [5, 5.41) is 3.82. The molecule has 0 atom stereocenters. The van der Waals surface area contributed by atoms with E-state index in [4.69, 9.17) is 4.52 Å². The molecular weight excluding hydrogens is 152 g/mol. The Morgan fingerprint density at radius 1 is 1.17 bits per heavy atom. The molecule has 0 saturated heterocycles. The lowest BCUT2D eigenvalue weighted by Gasteiger charge is -1.93. The van der Waals surface area contributed by atoms with Crippen LogP contribution in [-0.2, 0) is 6.42 Å². The summed E-state index contributed by atoms with van der Waals surface area (Å²) in [6, 6.07) is 5.80. The lowest BCUT2D eigenvalue weighted by atomic mass is 10.1. The van der Waals surface area contributed by atoms with Gasteiger partial charge < -0.3 is 4.52 Å². The number of rotatable bonds is 2. The number of nitrogens with zero attached hydrogens (tertiary/aromatic N) is 2. The third kappa shape index (κ3) is 1.50. The zero-order chi connectivity index (χ0) is 8.23. The molecule has 3 heteroatoms. The van der Waals surface area contributed by atoms with Crippen LogP contribution < -0.4 is 0 Å². The Morgan fingerprint density at radius 3 is 2.67 bits per heavy atom. The van der Waals surface area contributed by atoms with Gasteiger partial charge in [0.05, 0.1) is 5.69 Å². The van der Waals surface area contributed by atoms with Crippen LogP contribution in [0, 0.1) is 0 Å². The molecule has 60 valence electrons. The normalized spacial score (nSPS) is 10.0. The van der Waals surface area contributed by atoms with Crippen molar-refractivity contribution in [2.75, 3.05) is 0 Å². The highest BCUT2D eigenvalue weighted by Gasteiger charge is 1.97. The van der Waals surface area contributed by atoms with Gasteiger partial charge in [-0.05, 0) is 17.7 Å². The molecule has 2 rings (SSSR count). The molecule has 12 heavy (non-hydrogen) atoms. The summed E-state index contributed by atoms with van der Waals surface area (Å²) in [7, 11) is 0. The van der Waals surface area contributed by atoms with Gasteiger partial charge in [-0.3, -0.25) is 4.98 Å². The molecule has 0 N–H and O–H groups in total. The molecule has 0 saturated carbocycles. The Kier molecular flexibility index (Phi) is 1.86. The SMILES string of the molecule is c1cc(Cc2ccon2)ccn1. The van der Waals surface area contributed by atoms with Crippen LogP contribution in [0.1, 0.15) is 11.3 Å². The van der Waals surface area contributed by atoms with E-state index in [9.17, 15) is 0 Å². The van der Waals surface area contributed by atoms with E-state index in [1.807, 2.05) is 18.2 Å². The van der Waals surface area contributed by atoms with Gasteiger partial charge in [0.15, 0.2) is 0 Å². The summed E-state index contributed by atoms with van der Waals surface area (Å²) < 4.78 is 4.72. The molecule has 0 aliphatic rings. The van der Waals surface area contributed by atoms with Crippen LogP contribution in [0.5, 0.6) is 0 Å². The fraction of sp³-hybridized carbons (Fsp3) is 0.111. The second kappa shape index (κ2) is 3.17. The maximum atomic E-state index is 4.72. The topological polar surface area (TPSA) is 38.9 Å². The smallest absolute Gasteiger partial charge is 0.124 e. The lowest BCUT2D eigenvalue weighted by Crippen LogP contribution is -1.87. The minimum absolute atomic E-state index is 0.805. The Morgan fingerprint density at radius 2 is 2.00 bits per heavy atom. The van der Waals surface area contributed by atoms with Crippen molar-refractivity contribution < 1.29 is 4.52 Å². The highest BCUT2D eigenvalue weighted by molar-refractivity contribution is 5.16. The van der Waals surface area contributed by atoms with Crippen molar-refractivity contribution in [3.05, 3.63) is 48.1 Å². The zero-order valence-corrected chi connectivity index (χ0v) is 6.47. The van der Waals surface area contributed by atoms with Crippen molar-refractivity contribution in [3.8, 4) is 0 Å². The predicted octanol–water partition coefficient (Wildman–Crippen LogP) is 1.66. The molecule has 2 aromatic rings. The molecule has 3 nitrogen and oxygen atoms in total. The molecule has 0 aliphatic heterocycles. The number of hydrogen-bond acceptors (Lipinski definition) is 3. The van der Waals surface area contributed by atoms with E-state index in [1.54, 1.807) is 18.7 Å². The Balaban J connectivity index is 2.15. The van der Waals surface area contributed by atoms with Crippen molar-refractivity contribution >= 4 is 0 Å². The Bertz CT molecular complexity index is 329. The standard InChI is InChI=1S/C9H8N2O/c1-4-10-5-2-8(1)7-9-3-6-12-11-9/h1-6H,7H2. The Labute approximate surface area is 70.0 Å². The van der Waals surface area contributed by atoms with Crippen LogP contribution in [0.4, 0.5) is 0 Å². The summed E-state index contributed by atoms with van der Waals surface area (Å²) in [6.07, 6.45) is 5.93. The summed E-state index contributed by atoms with van der Waals surface area (Å²) >= 11 is 0. The largest absolute Gasteiger partial charge is 0.365 e. The van der Waals surface area contributed by atoms with Crippen LogP contribution in [0.3, 0.4) is 0 Å². The van der Waals surface area contributed by atoms with Crippen molar-refractivity contribution in [1.29, 1.82) is 0 Å². The number of hydrogen-bond donors (Lipinski definition) is 0. The van der Waals surface area contributed by atoms with E-state index in [2.05, 4.69) is 10.1 Å². The minimum atomic E-state index is 0.805. The maximum absolute atomic E-state index is 4.72. The summed E-state index contributed by atoms with van der Waals surface area (Å²) in [6.45, 7) is 0. The van der Waals surface area contributed by atoms with E-state index in [0.29, 0.717) is 0 Å². The second-order valence-electron chi connectivity index (χ2n) is 2.52. The van der Waals surface area contributed by atoms with Gasteiger partial charge in [-0.2, -0.15) is 0 Å². The van der Waals surface area contributed by atoms with Gasteiger partial charge in [-0.1, -0.05) is 5.16 Å². The zero-order valence-electron chi connectivity index (χ0n) is 6.47. The number of pyridine rings is 1. The second-order valence-corrected chi connectivity index (χ2v) is 2.52. The fourth-order valence-electron chi connectivity index (χ4n) is 1.04. The molecule has 0 bridgehead atoms. The molecule has 0 amide bonds. The van der Waals surface area contributed by atoms with Crippen LogP contribution >= 0.6 is 0 Å². The van der Waals surface area contributed by atoms with Crippen LogP contribution in [-0.4, -0.2) is 10.1 Å². The lowest BCUT2D eigenvalue weighted by molar-refractivity contribution is 0.413. The molecule has 0 aromatic carbocycles. The molecule has 0 spiro atoms. The average Bonchev–Trinajstić information content (AvgIpc) is 2.59. The third-order valence-corrected chi connectivity index (χ3v) is 1.63. The first-order valence-corrected chi connectivity index (χ1v) is 3.73. The summed E-state index contributed by atoms with van der Waals surface area (Å²) in [5.74, 6) is 0. The Hall–Kier alpha value is -1.64. The highest BCUT2D eigenvalue weighted by atomic mass is 16.5. The van der Waals surface area contributed by atoms with Gasteiger partial charge in [-0.25, -0.2) is 0 Å². The van der Waals surface area contributed by atoms with Gasteiger partial charge in [-0.15, -0.1) is 0 Å². The first kappa shape index (κ1) is 7.03. The van der Waals surface area contributed by atoms with Crippen molar-refractivity contribution in [2.45, 2.75) is 6.42 Å². The molecule has 0 fully saturated rings. The first-order chi connectivity index (χ1) is 5.95. The highest BCUT2D eigenvalue weighted by Crippen LogP contribution is 2.04. The first-order valence-electron chi connectivity index (χ1n) is 3.73. The van der Waals surface area contributed by atoms with Crippen LogP contribution in [0.15, 0.2) is 41.4 Å². The minimum Gasteiger partial charge on any atom is -0.365 e. The molecule has 0 aliphatic carbocycles. The fourth-order valence-corrected chi connectivity index (χ4v) is 1.04. The molecular formula is C9H8N2O. The van der Waals surface area contributed by atoms with Crippen molar-refractivity contribution in [3.63, 3.8) is 0 Å². The van der Waals surface area contributed by atoms with Gasteiger partial charge in [0.1, 0.15) is 6.26 Å². The molecule has 2 heterocycles. The average molecular weight is 160 g/mol. The van der Waals surface area contributed by atoms with Gasteiger partial charge in [0.2, 0.25) is 0 Å². The predicted molar refractivity (Wildman–Crippen MR) is 43.5 cm³/mol. The molecule has 0 radical (unpaired) electrons. The van der Waals surface area contributed by atoms with Crippen molar-refractivity contribution in [2.24, 2.45) is 0 Å². The molecule has 2 aromatic heterocycles. The van der Waals surface area contributed by atoms with E-state index in [1.165, 1.54) is 5.56 Å². The quantitative estimate of drug-likeness (QED) is 0.670.